The van der Waals surface area contributed by atoms with Gasteiger partial charge in [-0.1, -0.05) is 39.0 Å². The molecular weight excluding hydrogens is 268 g/mol. The number of aromatic carboxylic acids is 1. The molecule has 5 nitrogen and oxygen atoms in total. The van der Waals surface area contributed by atoms with Crippen LogP contribution in [0, 0.1) is 0 Å². The summed E-state index contributed by atoms with van der Waals surface area (Å²) in [7, 11) is 0. The molecule has 114 valence electrons. The third kappa shape index (κ3) is 3.74. The van der Waals surface area contributed by atoms with Gasteiger partial charge < -0.3 is 10.1 Å². The van der Waals surface area contributed by atoms with E-state index in [9.17, 15) is 9.59 Å². The van der Waals surface area contributed by atoms with Crippen LogP contribution in [-0.4, -0.2) is 20.6 Å². The number of imidazole rings is 1. The molecule has 0 fully saturated rings. The van der Waals surface area contributed by atoms with Gasteiger partial charge in [0.2, 0.25) is 0 Å². The van der Waals surface area contributed by atoms with Gasteiger partial charge in [0.25, 0.3) is 0 Å². The highest BCUT2D eigenvalue weighted by Crippen LogP contribution is 2.14. The number of nitrogens with zero attached hydrogens (tertiary/aromatic N) is 1. The lowest BCUT2D eigenvalue weighted by Gasteiger charge is -2.04. The van der Waals surface area contributed by atoms with Crippen LogP contribution in [0.15, 0.2) is 23.0 Å². The van der Waals surface area contributed by atoms with E-state index >= 15 is 0 Å². The van der Waals surface area contributed by atoms with E-state index in [0.29, 0.717) is 17.6 Å². The number of fused-ring (bicyclic) bond motifs is 1. The maximum Gasteiger partial charge on any atom is 0.335 e. The second-order valence-corrected chi connectivity index (χ2v) is 5.39. The lowest BCUT2D eigenvalue weighted by Crippen LogP contribution is -2.16. The first-order valence-electron chi connectivity index (χ1n) is 7.59. The molecule has 0 amide bonds. The summed E-state index contributed by atoms with van der Waals surface area (Å²) in [5.74, 6) is -0.975. The van der Waals surface area contributed by atoms with Gasteiger partial charge in [0, 0.05) is 6.54 Å². The van der Waals surface area contributed by atoms with E-state index in [0.717, 1.165) is 12.8 Å². The number of nitrogens with one attached hydrogen (secondary N) is 1. The van der Waals surface area contributed by atoms with E-state index < -0.39 is 5.97 Å². The minimum Gasteiger partial charge on any atom is -0.478 e. The standard InChI is InChI=1S/C16H22N2O3/c1-2-3-4-5-6-7-10-18-14-11-12(15(19)20)8-9-13(14)17-16(18)21/h8-9,11H,2-7,10H2,1H3,(H,17,21)(H,19,20). The number of H-pyrrole nitrogens is 1. The Morgan fingerprint density at radius 1 is 1.19 bits per heavy atom. The fourth-order valence-electron chi connectivity index (χ4n) is 2.56. The number of carboxylic acid groups (broad SMARTS) is 1. The van der Waals surface area contributed by atoms with Gasteiger partial charge in [0.15, 0.2) is 0 Å². The fraction of sp³-hybridized carbons (Fsp3) is 0.500. The SMILES string of the molecule is CCCCCCCCn1c(=O)[nH]c2ccc(C(=O)O)cc21. The van der Waals surface area contributed by atoms with Crippen molar-refractivity contribution in [1.82, 2.24) is 9.55 Å². The molecule has 0 atom stereocenters. The third-order valence-corrected chi connectivity index (χ3v) is 3.76. The van der Waals surface area contributed by atoms with Crippen molar-refractivity contribution in [3.05, 3.63) is 34.2 Å². The molecule has 0 aliphatic heterocycles. The zero-order valence-corrected chi connectivity index (χ0v) is 12.4. The Morgan fingerprint density at radius 2 is 1.90 bits per heavy atom. The average molecular weight is 290 g/mol. The van der Waals surface area contributed by atoms with Gasteiger partial charge in [-0.3, -0.25) is 4.57 Å². The number of rotatable bonds is 8. The second-order valence-electron chi connectivity index (χ2n) is 5.39. The first kappa shape index (κ1) is 15.4. The topological polar surface area (TPSA) is 75.1 Å². The van der Waals surface area contributed by atoms with Crippen molar-refractivity contribution in [2.75, 3.05) is 0 Å². The van der Waals surface area contributed by atoms with Crippen LogP contribution in [0.4, 0.5) is 0 Å². The molecule has 2 aromatic rings. The quantitative estimate of drug-likeness (QED) is 0.732. The van der Waals surface area contributed by atoms with Crippen LogP contribution in [0.1, 0.15) is 55.8 Å². The molecule has 1 aromatic carbocycles. The number of carbonyl (C=O) groups is 1. The number of benzene rings is 1. The Hall–Kier alpha value is -2.04. The van der Waals surface area contributed by atoms with E-state index in [2.05, 4.69) is 11.9 Å². The third-order valence-electron chi connectivity index (χ3n) is 3.76. The summed E-state index contributed by atoms with van der Waals surface area (Å²) in [6.07, 6.45) is 6.94. The van der Waals surface area contributed by atoms with Crippen LogP contribution in [0.2, 0.25) is 0 Å². The highest BCUT2D eigenvalue weighted by molar-refractivity contribution is 5.92. The first-order chi connectivity index (χ1) is 10.1. The van der Waals surface area contributed by atoms with Crippen molar-refractivity contribution in [2.24, 2.45) is 0 Å². The van der Waals surface area contributed by atoms with E-state index in [1.54, 1.807) is 16.7 Å². The van der Waals surface area contributed by atoms with Crippen LogP contribution >= 0.6 is 0 Å². The number of aryl methyl sites for hydroxylation is 1. The predicted molar refractivity (Wildman–Crippen MR) is 82.9 cm³/mol. The van der Waals surface area contributed by atoms with E-state index in [-0.39, 0.29) is 11.3 Å². The van der Waals surface area contributed by atoms with Crippen LogP contribution in [0.25, 0.3) is 11.0 Å². The highest BCUT2D eigenvalue weighted by atomic mass is 16.4. The van der Waals surface area contributed by atoms with Crippen LogP contribution in [0.5, 0.6) is 0 Å². The summed E-state index contributed by atoms with van der Waals surface area (Å²) < 4.78 is 1.64. The van der Waals surface area contributed by atoms with E-state index in [1.165, 1.54) is 31.7 Å². The van der Waals surface area contributed by atoms with Gasteiger partial charge in [0.1, 0.15) is 0 Å². The molecular formula is C16H22N2O3. The molecule has 1 aromatic heterocycles. The summed E-state index contributed by atoms with van der Waals surface area (Å²) in [6, 6.07) is 4.72. The molecule has 0 aliphatic rings. The van der Waals surface area contributed by atoms with Gasteiger partial charge in [0.05, 0.1) is 16.6 Å². The highest BCUT2D eigenvalue weighted by Gasteiger charge is 2.10. The van der Waals surface area contributed by atoms with Crippen molar-refractivity contribution in [3.63, 3.8) is 0 Å². The van der Waals surface area contributed by atoms with Crippen molar-refractivity contribution in [1.29, 1.82) is 0 Å². The number of carboxylic acids is 1. The zero-order valence-electron chi connectivity index (χ0n) is 12.4. The molecule has 0 unspecified atom stereocenters. The average Bonchev–Trinajstić information content (AvgIpc) is 2.77. The van der Waals surface area contributed by atoms with Gasteiger partial charge in [-0.2, -0.15) is 0 Å². The second kappa shape index (κ2) is 7.11. The van der Waals surface area contributed by atoms with Crippen molar-refractivity contribution in [2.45, 2.75) is 52.0 Å². The number of aromatic nitrogens is 2. The van der Waals surface area contributed by atoms with E-state index in [4.69, 9.17) is 5.11 Å². The minimum atomic E-state index is -0.975. The minimum absolute atomic E-state index is 0.166. The predicted octanol–water partition coefficient (Wildman–Crippen LogP) is 3.39. The number of hydrogen-bond donors (Lipinski definition) is 2. The Kier molecular flexibility index (Phi) is 5.20. The Bertz CT molecular complexity index is 670. The monoisotopic (exact) mass is 290 g/mol. The molecule has 0 aliphatic carbocycles. The zero-order chi connectivity index (χ0) is 15.2. The molecule has 2 rings (SSSR count). The molecule has 0 bridgehead atoms. The molecule has 0 saturated carbocycles. The molecule has 21 heavy (non-hydrogen) atoms. The summed E-state index contributed by atoms with van der Waals surface area (Å²) in [5, 5.41) is 9.04. The van der Waals surface area contributed by atoms with Crippen molar-refractivity contribution < 1.29 is 9.90 Å². The van der Waals surface area contributed by atoms with Crippen LogP contribution in [-0.2, 0) is 6.54 Å². The summed E-state index contributed by atoms with van der Waals surface area (Å²) in [6.45, 7) is 2.82. The number of aromatic amines is 1. The lowest BCUT2D eigenvalue weighted by molar-refractivity contribution is 0.0697. The van der Waals surface area contributed by atoms with Gasteiger partial charge in [-0.05, 0) is 24.6 Å². The summed E-state index contributed by atoms with van der Waals surface area (Å²) in [5.41, 5.74) is 1.41. The van der Waals surface area contributed by atoms with Gasteiger partial charge >= 0.3 is 11.7 Å². The van der Waals surface area contributed by atoms with E-state index in [1.807, 2.05) is 0 Å². The largest absolute Gasteiger partial charge is 0.478 e. The normalized spacial score (nSPS) is 11.1. The molecule has 0 radical (unpaired) electrons. The Labute approximate surface area is 123 Å². The first-order valence-corrected chi connectivity index (χ1v) is 7.59. The summed E-state index contributed by atoms with van der Waals surface area (Å²) in [4.78, 5) is 25.7. The fourth-order valence-corrected chi connectivity index (χ4v) is 2.56. The Morgan fingerprint density at radius 3 is 2.62 bits per heavy atom. The van der Waals surface area contributed by atoms with Gasteiger partial charge in [-0.25, -0.2) is 9.59 Å². The molecule has 0 saturated heterocycles. The number of unbranched alkanes of at least 4 members (excludes halogenated alkanes) is 5. The maximum atomic E-state index is 11.9. The smallest absolute Gasteiger partial charge is 0.335 e. The van der Waals surface area contributed by atoms with Crippen molar-refractivity contribution in [3.8, 4) is 0 Å². The molecule has 2 N–H and O–H groups in total. The lowest BCUT2D eigenvalue weighted by atomic mass is 10.1. The molecule has 1 heterocycles. The van der Waals surface area contributed by atoms with Crippen LogP contribution < -0.4 is 5.69 Å². The van der Waals surface area contributed by atoms with Crippen LogP contribution in [0.3, 0.4) is 0 Å². The molecule has 0 spiro atoms. The van der Waals surface area contributed by atoms with Crippen molar-refractivity contribution >= 4 is 17.0 Å². The maximum absolute atomic E-state index is 11.9. The molecule has 5 heteroatoms. The number of hydrogen-bond acceptors (Lipinski definition) is 2. The summed E-state index contributed by atoms with van der Waals surface area (Å²) >= 11 is 0. The van der Waals surface area contributed by atoms with Gasteiger partial charge in [-0.15, -0.1) is 0 Å². The Balaban J connectivity index is 2.08.